The van der Waals surface area contributed by atoms with Crippen LogP contribution >= 0.6 is 0 Å². The molecule has 0 saturated heterocycles. The van der Waals surface area contributed by atoms with Crippen molar-refractivity contribution in [2.45, 2.75) is 38.3 Å². The first-order valence-corrected chi connectivity index (χ1v) is 11.6. The van der Waals surface area contributed by atoms with E-state index in [-0.39, 0.29) is 11.8 Å². The van der Waals surface area contributed by atoms with Gasteiger partial charge in [0.15, 0.2) is 5.82 Å². The summed E-state index contributed by atoms with van der Waals surface area (Å²) < 4.78 is 48.1. The van der Waals surface area contributed by atoms with Gasteiger partial charge >= 0.3 is 12.5 Å². The number of carbonyl (C=O) groups is 1. The molecular formula is C26H22F3N5O3. The molecular weight excluding hydrogens is 487 g/mol. The highest BCUT2D eigenvalue weighted by atomic mass is 19.4. The molecule has 1 atom stereocenters. The van der Waals surface area contributed by atoms with Gasteiger partial charge in [-0.25, -0.2) is 14.5 Å². The molecule has 37 heavy (non-hydrogen) atoms. The largest absolute Gasteiger partial charge is 0.573 e. The summed E-state index contributed by atoms with van der Waals surface area (Å²) in [4.78, 5) is 23.2. The highest BCUT2D eigenvalue weighted by molar-refractivity contribution is 5.89. The molecule has 2 aromatic heterocycles. The van der Waals surface area contributed by atoms with E-state index in [2.05, 4.69) is 19.8 Å². The molecule has 0 N–H and O–H groups in total. The van der Waals surface area contributed by atoms with Crippen LogP contribution in [0.1, 0.15) is 31.6 Å². The molecule has 1 aliphatic rings. The molecule has 1 fully saturated rings. The minimum absolute atomic E-state index is 0.0795. The molecule has 1 aliphatic carbocycles. The van der Waals surface area contributed by atoms with E-state index in [1.54, 1.807) is 36.2 Å². The molecule has 0 radical (unpaired) electrons. The lowest BCUT2D eigenvalue weighted by atomic mass is 10.2. The third-order valence-corrected chi connectivity index (χ3v) is 5.72. The van der Waals surface area contributed by atoms with Gasteiger partial charge in [-0.3, -0.25) is 9.88 Å². The molecule has 0 spiro atoms. The van der Waals surface area contributed by atoms with Gasteiger partial charge in [-0.2, -0.15) is 0 Å². The first-order valence-electron chi connectivity index (χ1n) is 11.6. The van der Waals surface area contributed by atoms with E-state index in [1.807, 2.05) is 24.3 Å². The number of nitrogens with zero attached hydrogens (tertiary/aromatic N) is 5. The normalized spacial score (nSPS) is 14.2. The van der Waals surface area contributed by atoms with Crippen LogP contribution < -0.4 is 9.64 Å². The molecule has 1 saturated carbocycles. The van der Waals surface area contributed by atoms with Gasteiger partial charge < -0.3 is 9.47 Å². The molecule has 4 aromatic rings. The van der Waals surface area contributed by atoms with Crippen molar-refractivity contribution in [2.24, 2.45) is 0 Å². The fraction of sp³-hybridized carbons (Fsp3) is 0.231. The minimum atomic E-state index is -4.75. The zero-order chi connectivity index (χ0) is 26.0. The van der Waals surface area contributed by atoms with E-state index in [1.165, 1.54) is 35.3 Å². The lowest BCUT2D eigenvalue weighted by molar-refractivity contribution is -0.274. The monoisotopic (exact) mass is 509 g/mol. The maximum atomic E-state index is 13.0. The Morgan fingerprint density at radius 1 is 1.03 bits per heavy atom. The summed E-state index contributed by atoms with van der Waals surface area (Å²) in [6.07, 6.45) is -0.761. The zero-order valence-electron chi connectivity index (χ0n) is 19.7. The molecule has 2 heterocycles. The van der Waals surface area contributed by atoms with Crippen LogP contribution in [0, 0.1) is 0 Å². The van der Waals surface area contributed by atoms with Crippen molar-refractivity contribution in [3.63, 3.8) is 0 Å². The van der Waals surface area contributed by atoms with Crippen LogP contribution in [0.2, 0.25) is 0 Å². The SMILES string of the molecule is CC(OC(=O)N(c1ccc(-c2ncn(-c3ccc(OC(F)(F)F)cc3)n2)cc1)C1CC1)c1ccccn1. The maximum absolute atomic E-state index is 13.0. The average molecular weight is 509 g/mol. The number of amides is 1. The zero-order valence-corrected chi connectivity index (χ0v) is 19.7. The van der Waals surface area contributed by atoms with Crippen LogP contribution in [-0.4, -0.2) is 38.2 Å². The van der Waals surface area contributed by atoms with Crippen molar-refractivity contribution >= 4 is 11.8 Å². The van der Waals surface area contributed by atoms with E-state index in [0.717, 1.165) is 12.8 Å². The quantitative estimate of drug-likeness (QED) is 0.300. The summed E-state index contributed by atoms with van der Waals surface area (Å²) in [5.41, 5.74) is 2.61. The number of pyridine rings is 1. The number of ether oxygens (including phenoxy) is 2. The van der Waals surface area contributed by atoms with Gasteiger partial charge in [0.05, 0.1) is 11.4 Å². The Hall–Kier alpha value is -4.41. The Morgan fingerprint density at radius 3 is 2.38 bits per heavy atom. The third-order valence-electron chi connectivity index (χ3n) is 5.72. The Kier molecular flexibility index (Phi) is 6.51. The number of anilines is 1. The van der Waals surface area contributed by atoms with Gasteiger partial charge in [0.1, 0.15) is 18.2 Å². The highest BCUT2D eigenvalue weighted by Gasteiger charge is 2.36. The van der Waals surface area contributed by atoms with Crippen LogP contribution in [0.3, 0.4) is 0 Å². The van der Waals surface area contributed by atoms with Crippen molar-refractivity contribution in [3.8, 4) is 22.8 Å². The predicted octanol–water partition coefficient (Wildman–Crippen LogP) is 6.09. The van der Waals surface area contributed by atoms with Crippen molar-refractivity contribution < 1.29 is 27.4 Å². The van der Waals surface area contributed by atoms with E-state index in [4.69, 9.17) is 4.74 Å². The van der Waals surface area contributed by atoms with Gasteiger partial charge in [-0.05, 0) is 80.4 Å². The minimum Gasteiger partial charge on any atom is -0.440 e. The Bertz CT molecular complexity index is 1350. The number of aromatic nitrogens is 4. The second-order valence-electron chi connectivity index (χ2n) is 8.48. The number of alkyl halides is 3. The Morgan fingerprint density at radius 2 is 1.76 bits per heavy atom. The smallest absolute Gasteiger partial charge is 0.440 e. The first-order chi connectivity index (χ1) is 17.8. The molecule has 0 aliphatic heterocycles. The maximum Gasteiger partial charge on any atom is 0.573 e. The number of hydrogen-bond donors (Lipinski definition) is 0. The van der Waals surface area contributed by atoms with Gasteiger partial charge in [0.25, 0.3) is 0 Å². The second-order valence-corrected chi connectivity index (χ2v) is 8.48. The molecule has 0 bridgehead atoms. The molecule has 190 valence electrons. The molecule has 8 nitrogen and oxygen atoms in total. The topological polar surface area (TPSA) is 82.4 Å². The summed E-state index contributed by atoms with van der Waals surface area (Å²) >= 11 is 0. The van der Waals surface area contributed by atoms with Gasteiger partial charge in [0, 0.05) is 23.5 Å². The van der Waals surface area contributed by atoms with Crippen LogP contribution in [0.15, 0.2) is 79.3 Å². The second kappa shape index (κ2) is 9.92. The lowest BCUT2D eigenvalue weighted by Gasteiger charge is -2.24. The van der Waals surface area contributed by atoms with Crippen LogP contribution in [0.5, 0.6) is 5.75 Å². The number of halogens is 3. The Labute approximate surface area is 210 Å². The number of benzene rings is 2. The first kappa shape index (κ1) is 24.3. The molecule has 1 amide bonds. The molecule has 2 aromatic carbocycles. The standard InChI is InChI=1S/C26H22F3N5O3/c1-17(23-4-2-3-15-30-23)36-25(35)34(21-9-10-21)20-7-5-18(6-8-20)24-31-16-33(32-24)19-11-13-22(14-12-19)37-26(27,28)29/h2-8,11-17,21H,9-10H2,1H3. The van der Waals surface area contributed by atoms with Crippen molar-refractivity contribution in [3.05, 3.63) is 84.9 Å². The third kappa shape index (κ3) is 5.88. The van der Waals surface area contributed by atoms with Crippen molar-refractivity contribution in [1.82, 2.24) is 19.7 Å². The van der Waals surface area contributed by atoms with Crippen molar-refractivity contribution in [2.75, 3.05) is 4.90 Å². The van der Waals surface area contributed by atoms with E-state index < -0.39 is 18.6 Å². The van der Waals surface area contributed by atoms with Crippen LogP contribution in [0.25, 0.3) is 17.1 Å². The van der Waals surface area contributed by atoms with E-state index >= 15 is 0 Å². The van der Waals surface area contributed by atoms with Crippen LogP contribution in [0.4, 0.5) is 23.7 Å². The molecule has 1 unspecified atom stereocenters. The van der Waals surface area contributed by atoms with Gasteiger partial charge in [-0.1, -0.05) is 6.07 Å². The summed E-state index contributed by atoms with van der Waals surface area (Å²) in [5, 5.41) is 4.42. The van der Waals surface area contributed by atoms with E-state index in [9.17, 15) is 18.0 Å². The summed E-state index contributed by atoms with van der Waals surface area (Å²) in [7, 11) is 0. The number of rotatable bonds is 7. The number of carbonyl (C=O) groups excluding carboxylic acids is 1. The van der Waals surface area contributed by atoms with E-state index in [0.29, 0.717) is 28.5 Å². The summed E-state index contributed by atoms with van der Waals surface area (Å²) in [5.74, 6) is 0.104. The van der Waals surface area contributed by atoms with Gasteiger partial charge in [0.2, 0.25) is 0 Å². The highest BCUT2D eigenvalue weighted by Crippen LogP contribution is 2.34. The number of hydrogen-bond acceptors (Lipinski definition) is 6. The fourth-order valence-corrected chi connectivity index (χ4v) is 3.77. The fourth-order valence-electron chi connectivity index (χ4n) is 3.77. The summed E-state index contributed by atoms with van der Waals surface area (Å²) in [6, 6.07) is 18.1. The summed E-state index contributed by atoms with van der Waals surface area (Å²) in [6.45, 7) is 1.79. The van der Waals surface area contributed by atoms with Gasteiger partial charge in [-0.15, -0.1) is 18.3 Å². The molecule has 5 rings (SSSR count). The predicted molar refractivity (Wildman–Crippen MR) is 128 cm³/mol. The molecule has 11 heteroatoms. The Balaban J connectivity index is 1.28. The van der Waals surface area contributed by atoms with Crippen LogP contribution in [-0.2, 0) is 4.74 Å². The lowest BCUT2D eigenvalue weighted by Crippen LogP contribution is -2.34. The van der Waals surface area contributed by atoms with Crippen molar-refractivity contribution in [1.29, 1.82) is 0 Å². The average Bonchev–Trinajstić information content (AvgIpc) is 3.58.